The Morgan fingerprint density at radius 3 is 2.84 bits per heavy atom. The maximum absolute atomic E-state index is 9.22. The number of nitriles is 1. The van der Waals surface area contributed by atoms with Gasteiger partial charge < -0.3 is 10.2 Å². The van der Waals surface area contributed by atoms with Crippen LogP contribution in [0.1, 0.15) is 5.56 Å². The van der Waals surface area contributed by atoms with Crippen molar-refractivity contribution in [3.05, 3.63) is 48.5 Å². The summed E-state index contributed by atoms with van der Waals surface area (Å²) in [5, 5.41) is 13.5. The first-order chi connectivity index (χ1) is 9.31. The van der Waals surface area contributed by atoms with E-state index < -0.39 is 0 Å². The van der Waals surface area contributed by atoms with E-state index >= 15 is 0 Å². The highest BCUT2D eigenvalue weighted by atomic mass is 16.3. The van der Waals surface area contributed by atoms with Crippen molar-refractivity contribution < 1.29 is 4.42 Å². The lowest BCUT2D eigenvalue weighted by molar-refractivity contribution is 0.579. The summed E-state index contributed by atoms with van der Waals surface area (Å²) in [4.78, 5) is 4.01. The predicted molar refractivity (Wildman–Crippen MR) is 68.2 cm³/mol. The van der Waals surface area contributed by atoms with Crippen LogP contribution in [0.5, 0.6) is 0 Å². The standard InChI is InChI=1S/C13H9N5O/c14-7-10-12(11-4-2-6-19-11)17-18(13(10)15)9-3-1-5-16-8-9/h1-6,8H,15H2. The molecule has 2 N–H and O–H groups in total. The Labute approximate surface area is 108 Å². The molecular weight excluding hydrogens is 242 g/mol. The molecule has 19 heavy (non-hydrogen) atoms. The Bertz CT molecular complexity index is 737. The Hall–Kier alpha value is -3.07. The van der Waals surface area contributed by atoms with Gasteiger partial charge in [0.25, 0.3) is 0 Å². The number of nitrogens with two attached hydrogens (primary N) is 1. The van der Waals surface area contributed by atoms with Gasteiger partial charge >= 0.3 is 0 Å². The third-order valence-corrected chi connectivity index (χ3v) is 2.68. The van der Waals surface area contributed by atoms with Crippen LogP contribution in [0.15, 0.2) is 47.3 Å². The molecule has 6 nitrogen and oxygen atoms in total. The van der Waals surface area contributed by atoms with Crippen molar-refractivity contribution in [3.63, 3.8) is 0 Å². The summed E-state index contributed by atoms with van der Waals surface area (Å²) >= 11 is 0. The Morgan fingerprint density at radius 1 is 1.32 bits per heavy atom. The smallest absolute Gasteiger partial charge is 0.155 e. The average Bonchev–Trinajstić information content (AvgIpc) is 3.07. The zero-order valence-electron chi connectivity index (χ0n) is 9.82. The van der Waals surface area contributed by atoms with Crippen molar-refractivity contribution >= 4 is 5.82 Å². The van der Waals surface area contributed by atoms with Gasteiger partial charge in [0.1, 0.15) is 23.1 Å². The topological polar surface area (TPSA) is 93.7 Å². The lowest BCUT2D eigenvalue weighted by Gasteiger charge is -2.01. The van der Waals surface area contributed by atoms with E-state index in [1.807, 2.05) is 6.07 Å². The van der Waals surface area contributed by atoms with E-state index in [-0.39, 0.29) is 5.82 Å². The Balaban J connectivity index is 2.22. The van der Waals surface area contributed by atoms with Crippen molar-refractivity contribution in [2.24, 2.45) is 0 Å². The zero-order chi connectivity index (χ0) is 13.2. The third kappa shape index (κ3) is 1.73. The molecule has 0 aromatic carbocycles. The van der Waals surface area contributed by atoms with Crippen LogP contribution >= 0.6 is 0 Å². The second-order valence-corrected chi connectivity index (χ2v) is 3.82. The summed E-state index contributed by atoms with van der Waals surface area (Å²) in [6.07, 6.45) is 4.80. The molecule has 0 aliphatic carbocycles. The minimum Gasteiger partial charge on any atom is -0.463 e. The lowest BCUT2D eigenvalue weighted by atomic mass is 10.2. The quantitative estimate of drug-likeness (QED) is 0.751. The number of hydrogen-bond donors (Lipinski definition) is 1. The molecule has 0 aliphatic heterocycles. The molecule has 0 saturated carbocycles. The van der Waals surface area contributed by atoms with Gasteiger partial charge in [-0.25, -0.2) is 4.68 Å². The molecule has 3 aromatic rings. The van der Waals surface area contributed by atoms with Crippen LogP contribution in [0.25, 0.3) is 17.1 Å². The molecule has 0 atom stereocenters. The molecule has 0 aliphatic rings. The van der Waals surface area contributed by atoms with Gasteiger partial charge in [-0.05, 0) is 24.3 Å². The minimum absolute atomic E-state index is 0.266. The fraction of sp³-hybridized carbons (Fsp3) is 0. The molecule has 0 saturated heterocycles. The first-order valence-electron chi connectivity index (χ1n) is 5.54. The fourth-order valence-electron chi connectivity index (χ4n) is 1.80. The van der Waals surface area contributed by atoms with Gasteiger partial charge in [-0.1, -0.05) is 0 Å². The van der Waals surface area contributed by atoms with Gasteiger partial charge in [-0.15, -0.1) is 0 Å². The van der Waals surface area contributed by atoms with E-state index in [4.69, 9.17) is 10.2 Å². The summed E-state index contributed by atoms with van der Waals surface area (Å²) in [7, 11) is 0. The first-order valence-corrected chi connectivity index (χ1v) is 5.54. The molecule has 0 amide bonds. The van der Waals surface area contributed by atoms with Crippen molar-refractivity contribution in [1.29, 1.82) is 5.26 Å². The molecule has 3 aromatic heterocycles. The van der Waals surface area contributed by atoms with Gasteiger partial charge in [-0.3, -0.25) is 4.98 Å². The molecule has 3 heterocycles. The zero-order valence-corrected chi connectivity index (χ0v) is 9.82. The van der Waals surface area contributed by atoms with Gasteiger partial charge in [0.05, 0.1) is 18.1 Å². The largest absolute Gasteiger partial charge is 0.463 e. The first kappa shape index (κ1) is 11.0. The number of hydrogen-bond acceptors (Lipinski definition) is 5. The van der Waals surface area contributed by atoms with Gasteiger partial charge in [-0.2, -0.15) is 10.4 Å². The Kier molecular flexibility index (Phi) is 2.50. The molecule has 0 spiro atoms. The van der Waals surface area contributed by atoms with Crippen molar-refractivity contribution in [2.75, 3.05) is 5.73 Å². The van der Waals surface area contributed by atoms with E-state index in [1.165, 1.54) is 10.9 Å². The third-order valence-electron chi connectivity index (χ3n) is 2.68. The SMILES string of the molecule is N#Cc1c(-c2ccco2)nn(-c2cccnc2)c1N. The van der Waals surface area contributed by atoms with E-state index in [2.05, 4.69) is 16.2 Å². The van der Waals surface area contributed by atoms with Crippen LogP contribution < -0.4 is 5.73 Å². The van der Waals surface area contributed by atoms with Gasteiger partial charge in [0.2, 0.25) is 0 Å². The Morgan fingerprint density at radius 2 is 2.21 bits per heavy atom. The molecule has 3 rings (SSSR count). The number of aromatic nitrogens is 3. The van der Waals surface area contributed by atoms with E-state index in [9.17, 15) is 5.26 Å². The highest BCUT2D eigenvalue weighted by molar-refractivity contribution is 5.70. The van der Waals surface area contributed by atoms with Crippen LogP contribution in [-0.4, -0.2) is 14.8 Å². The van der Waals surface area contributed by atoms with Crippen LogP contribution in [0.4, 0.5) is 5.82 Å². The minimum atomic E-state index is 0.266. The van der Waals surface area contributed by atoms with Crippen molar-refractivity contribution in [1.82, 2.24) is 14.8 Å². The second kappa shape index (κ2) is 4.31. The molecule has 0 fully saturated rings. The van der Waals surface area contributed by atoms with Crippen molar-refractivity contribution in [2.45, 2.75) is 0 Å². The summed E-state index contributed by atoms with van der Waals surface area (Å²) in [5.74, 6) is 0.771. The van der Waals surface area contributed by atoms with Crippen molar-refractivity contribution in [3.8, 4) is 23.2 Å². The molecule has 0 radical (unpaired) electrons. The normalized spacial score (nSPS) is 10.3. The molecule has 0 unspecified atom stereocenters. The monoisotopic (exact) mass is 251 g/mol. The number of nitrogen functional groups attached to an aromatic ring is 1. The highest BCUT2D eigenvalue weighted by Crippen LogP contribution is 2.28. The van der Waals surface area contributed by atoms with Gasteiger partial charge in [0.15, 0.2) is 5.76 Å². The fourth-order valence-corrected chi connectivity index (χ4v) is 1.80. The number of pyridine rings is 1. The molecule has 0 bridgehead atoms. The van der Waals surface area contributed by atoms with Crippen LogP contribution in [0.2, 0.25) is 0 Å². The average molecular weight is 251 g/mol. The summed E-state index contributed by atoms with van der Waals surface area (Å²) < 4.78 is 6.74. The second-order valence-electron chi connectivity index (χ2n) is 3.82. The number of nitrogens with zero attached hydrogens (tertiary/aromatic N) is 4. The predicted octanol–water partition coefficient (Wildman–Crippen LogP) is 1.98. The van der Waals surface area contributed by atoms with E-state index in [0.717, 1.165) is 0 Å². The number of rotatable bonds is 2. The van der Waals surface area contributed by atoms with E-state index in [0.29, 0.717) is 22.7 Å². The van der Waals surface area contributed by atoms with E-state index in [1.54, 1.807) is 30.6 Å². The summed E-state index contributed by atoms with van der Waals surface area (Å²) in [6, 6.07) is 9.10. The maximum atomic E-state index is 9.22. The van der Waals surface area contributed by atoms with Crippen LogP contribution in [-0.2, 0) is 0 Å². The lowest BCUT2D eigenvalue weighted by Crippen LogP contribution is -2.02. The highest BCUT2D eigenvalue weighted by Gasteiger charge is 2.19. The summed E-state index contributed by atoms with van der Waals surface area (Å²) in [6.45, 7) is 0. The van der Waals surface area contributed by atoms with Crippen LogP contribution in [0.3, 0.4) is 0 Å². The number of anilines is 1. The van der Waals surface area contributed by atoms with Gasteiger partial charge in [0, 0.05) is 6.20 Å². The van der Waals surface area contributed by atoms with Crippen LogP contribution in [0, 0.1) is 11.3 Å². The molecular formula is C13H9N5O. The molecule has 6 heteroatoms. The number of furan rings is 1. The molecule has 92 valence electrons. The summed E-state index contributed by atoms with van der Waals surface area (Å²) in [5.41, 5.74) is 7.37. The maximum Gasteiger partial charge on any atom is 0.155 e.